The molecule has 0 aliphatic rings. The van der Waals surface area contributed by atoms with Gasteiger partial charge in [0.25, 0.3) is 0 Å². The van der Waals surface area contributed by atoms with Gasteiger partial charge in [-0.05, 0) is 286 Å². The van der Waals surface area contributed by atoms with E-state index < -0.39 is 0 Å². The Balaban J connectivity index is 0.000000135. The second-order valence-corrected chi connectivity index (χ2v) is 35.2. The standard InChI is InChI=1S/2C64H40N2/c1-2-15-41(16-3-1)42-29-33-46(34-30-42)65-60-27-12-10-23-52(60)57-38-43(31-35-62(57)65)44-32-36-63-58(39-44)53-24-11-13-28-61(53)66(63)47-18-14-17-45(37-47)56-40-59-50-21-5-4-19-48(50)49-20-6-8-25-54(49)64(59)55-26-9-7-22-51(55)56;1-2-14-41(15-3-1)42-26-32-46(33-27-42)65-60-24-12-10-20-52(60)57-38-44(30-36-62(57)65)45-31-37-63-58(39-45)53-21-11-13-25-61(53)66(63)47-34-28-43(29-35-47)56-40-59-50-18-5-4-16-48(50)49-17-6-8-22-54(49)64(59)55-23-9-7-19-51(55)56/h2*1-40H. The van der Waals surface area contributed by atoms with E-state index in [2.05, 4.69) is 504 Å². The molecule has 0 saturated carbocycles. The van der Waals surface area contributed by atoms with Crippen LogP contribution >= 0.6 is 0 Å². The van der Waals surface area contributed by atoms with Crippen LogP contribution in [0.25, 0.3) is 263 Å². The molecule has 612 valence electrons. The predicted octanol–water partition coefficient (Wildman–Crippen LogP) is 35.0. The van der Waals surface area contributed by atoms with Crippen molar-refractivity contribution in [1.82, 2.24) is 18.3 Å². The molecular weight excluding hydrogens is 1590 g/mol. The Morgan fingerprint density at radius 3 is 0.652 bits per heavy atom. The van der Waals surface area contributed by atoms with Gasteiger partial charge < -0.3 is 18.3 Å². The first-order valence-electron chi connectivity index (χ1n) is 45.7. The van der Waals surface area contributed by atoms with Crippen LogP contribution in [0.5, 0.6) is 0 Å². The van der Waals surface area contributed by atoms with Crippen molar-refractivity contribution in [1.29, 1.82) is 0 Å². The van der Waals surface area contributed by atoms with Crippen molar-refractivity contribution in [3.05, 3.63) is 485 Å². The summed E-state index contributed by atoms with van der Waals surface area (Å²) in [6.07, 6.45) is 0. The lowest BCUT2D eigenvalue weighted by molar-refractivity contribution is 1.18. The van der Waals surface area contributed by atoms with Crippen molar-refractivity contribution in [3.63, 3.8) is 0 Å². The largest absolute Gasteiger partial charge is 0.309 e. The summed E-state index contributed by atoms with van der Waals surface area (Å²) in [5.74, 6) is 0. The van der Waals surface area contributed by atoms with Gasteiger partial charge in [0.1, 0.15) is 0 Å². The van der Waals surface area contributed by atoms with E-state index in [0.717, 1.165) is 22.7 Å². The molecule has 0 spiro atoms. The van der Waals surface area contributed by atoms with Crippen LogP contribution in [0.4, 0.5) is 0 Å². The van der Waals surface area contributed by atoms with Gasteiger partial charge in [-0.3, -0.25) is 0 Å². The lowest BCUT2D eigenvalue weighted by Crippen LogP contribution is -1.95. The van der Waals surface area contributed by atoms with Gasteiger partial charge in [0.15, 0.2) is 0 Å². The van der Waals surface area contributed by atoms with Gasteiger partial charge in [0.2, 0.25) is 0 Å². The molecular formula is C128H80N4. The Labute approximate surface area is 761 Å². The molecule has 0 amide bonds. The second kappa shape index (κ2) is 30.1. The third kappa shape index (κ3) is 11.8. The maximum absolute atomic E-state index is 2.45. The summed E-state index contributed by atoms with van der Waals surface area (Å²) < 4.78 is 9.68. The number of hydrogen-bond acceptors (Lipinski definition) is 0. The van der Waals surface area contributed by atoms with Crippen LogP contribution in [0.1, 0.15) is 0 Å². The molecule has 0 N–H and O–H groups in total. The van der Waals surface area contributed by atoms with E-state index >= 15 is 0 Å². The fourth-order valence-electron chi connectivity index (χ4n) is 22.2. The second-order valence-electron chi connectivity index (χ2n) is 35.2. The topological polar surface area (TPSA) is 19.7 Å². The Kier molecular flexibility index (Phi) is 17.1. The first-order chi connectivity index (χ1) is 65.5. The molecule has 28 aromatic rings. The van der Waals surface area contributed by atoms with Gasteiger partial charge >= 0.3 is 0 Å². The Bertz CT molecular complexity index is 9620. The maximum Gasteiger partial charge on any atom is 0.0541 e. The van der Waals surface area contributed by atoms with E-state index in [0.29, 0.717) is 0 Å². The van der Waals surface area contributed by atoms with Crippen LogP contribution in [0.2, 0.25) is 0 Å². The van der Waals surface area contributed by atoms with Crippen LogP contribution in [-0.2, 0) is 0 Å². The number of fused-ring (bicyclic) bond motifs is 28. The summed E-state index contributed by atoms with van der Waals surface area (Å²) in [5, 5.41) is 30.6. The van der Waals surface area contributed by atoms with Crippen LogP contribution in [0.15, 0.2) is 485 Å². The number of aromatic nitrogens is 4. The van der Waals surface area contributed by atoms with E-state index in [4.69, 9.17) is 0 Å². The summed E-state index contributed by atoms with van der Waals surface area (Å²) in [6.45, 7) is 0. The highest BCUT2D eigenvalue weighted by molar-refractivity contribution is 6.35. The van der Waals surface area contributed by atoms with Gasteiger partial charge in [-0.25, -0.2) is 0 Å². The van der Waals surface area contributed by atoms with Gasteiger partial charge in [-0.15, -0.1) is 0 Å². The van der Waals surface area contributed by atoms with Crippen molar-refractivity contribution < 1.29 is 0 Å². The summed E-state index contributed by atoms with van der Waals surface area (Å²) in [5.41, 5.74) is 28.8. The van der Waals surface area contributed by atoms with Crippen molar-refractivity contribution in [2.45, 2.75) is 0 Å². The van der Waals surface area contributed by atoms with Crippen LogP contribution < -0.4 is 0 Å². The van der Waals surface area contributed by atoms with Crippen molar-refractivity contribution in [3.8, 4) is 89.5 Å². The minimum atomic E-state index is 1.14. The minimum Gasteiger partial charge on any atom is -0.309 e. The molecule has 24 aromatic carbocycles. The quantitative estimate of drug-likeness (QED) is 0.122. The summed E-state index contributed by atoms with van der Waals surface area (Å²) in [7, 11) is 0. The summed E-state index contributed by atoms with van der Waals surface area (Å²) in [4.78, 5) is 0. The Morgan fingerprint density at radius 1 is 0.0985 bits per heavy atom. The number of hydrogen-bond donors (Lipinski definition) is 0. The molecule has 28 rings (SSSR count). The van der Waals surface area contributed by atoms with E-state index in [1.165, 1.54) is 240 Å². The summed E-state index contributed by atoms with van der Waals surface area (Å²) in [6, 6.07) is 179. The zero-order valence-electron chi connectivity index (χ0n) is 72.0. The molecule has 0 radical (unpaired) electrons. The van der Waals surface area contributed by atoms with Crippen LogP contribution in [-0.4, -0.2) is 18.3 Å². The van der Waals surface area contributed by atoms with Gasteiger partial charge in [-0.1, -0.05) is 352 Å². The number of nitrogens with zero attached hydrogens (tertiary/aromatic N) is 4. The van der Waals surface area contributed by atoms with Crippen LogP contribution in [0.3, 0.4) is 0 Å². The van der Waals surface area contributed by atoms with Crippen LogP contribution in [0, 0.1) is 0 Å². The van der Waals surface area contributed by atoms with Gasteiger partial charge in [0.05, 0.1) is 44.1 Å². The van der Waals surface area contributed by atoms with Gasteiger partial charge in [0, 0.05) is 65.8 Å². The van der Waals surface area contributed by atoms with Crippen molar-refractivity contribution >= 4 is 173 Å². The molecule has 0 saturated heterocycles. The fraction of sp³-hybridized carbons (Fsp3) is 0. The third-order valence-electron chi connectivity index (χ3n) is 28.2. The third-order valence-corrected chi connectivity index (χ3v) is 28.2. The lowest BCUT2D eigenvalue weighted by Gasteiger charge is -2.17. The molecule has 4 nitrogen and oxygen atoms in total. The first-order valence-corrected chi connectivity index (χ1v) is 45.7. The molecule has 4 aromatic heterocycles. The number of benzene rings is 24. The molecule has 4 heteroatoms. The normalized spacial score (nSPS) is 11.9. The van der Waals surface area contributed by atoms with E-state index in [1.54, 1.807) is 0 Å². The SMILES string of the molecule is c1ccc(-c2ccc(-n3c4ccccc4c4cc(-c5ccc6c(c5)c5ccccc5n6-c5ccc(-c6cc7c8ccccc8c8ccccc8c7c7ccccc67)cc5)ccc43)cc2)cc1.c1ccc(-c2ccc(-n3c4ccccc4c4cc(-c5ccc6c(c5)c5ccccc5n6-c5cccc(-c6cc7c8ccccc8c8ccccc8c7c7ccccc67)c5)ccc43)cc2)cc1. The molecule has 0 aliphatic heterocycles. The zero-order valence-corrected chi connectivity index (χ0v) is 72.0. The molecule has 0 atom stereocenters. The maximum atomic E-state index is 2.45. The average molecular weight is 1670 g/mol. The lowest BCUT2D eigenvalue weighted by atomic mass is 9.87. The molecule has 0 aliphatic carbocycles. The smallest absolute Gasteiger partial charge is 0.0541 e. The highest BCUT2D eigenvalue weighted by Gasteiger charge is 2.24. The van der Waals surface area contributed by atoms with E-state index in [9.17, 15) is 0 Å². The molecule has 0 fully saturated rings. The molecule has 0 bridgehead atoms. The molecule has 4 heterocycles. The predicted molar refractivity (Wildman–Crippen MR) is 563 cm³/mol. The monoisotopic (exact) mass is 1670 g/mol. The minimum absolute atomic E-state index is 1.14. The number of rotatable bonds is 10. The first kappa shape index (κ1) is 74.8. The fourth-order valence-corrected chi connectivity index (χ4v) is 22.2. The summed E-state index contributed by atoms with van der Waals surface area (Å²) >= 11 is 0. The van der Waals surface area contributed by atoms with Crippen molar-refractivity contribution in [2.24, 2.45) is 0 Å². The average Bonchev–Trinajstić information content (AvgIpc) is 1.19. The Morgan fingerprint density at radius 2 is 0.318 bits per heavy atom. The highest BCUT2D eigenvalue weighted by atomic mass is 15.0. The van der Waals surface area contributed by atoms with E-state index in [-0.39, 0.29) is 0 Å². The van der Waals surface area contributed by atoms with Gasteiger partial charge in [-0.2, -0.15) is 0 Å². The zero-order chi connectivity index (χ0) is 86.6. The van der Waals surface area contributed by atoms with Crippen molar-refractivity contribution in [2.75, 3.05) is 0 Å². The molecule has 132 heavy (non-hydrogen) atoms. The number of para-hydroxylation sites is 4. The highest BCUT2D eigenvalue weighted by Crippen LogP contribution is 2.49. The Hall–Kier alpha value is -17.4. The van der Waals surface area contributed by atoms with E-state index in [1.807, 2.05) is 0 Å². The molecule has 0 unspecified atom stereocenters.